The van der Waals surface area contributed by atoms with Crippen molar-refractivity contribution in [1.29, 1.82) is 0 Å². The average Bonchev–Trinajstić information content (AvgIpc) is 3.30. The number of aromatic nitrogens is 1. The number of nitrogens with one attached hydrogen (secondary N) is 1. The van der Waals surface area contributed by atoms with E-state index in [1.165, 1.54) is 18.5 Å². The van der Waals surface area contributed by atoms with Crippen molar-refractivity contribution in [1.82, 2.24) is 9.29 Å². The normalized spacial score (nSPS) is 14.8. The zero-order chi connectivity index (χ0) is 18.4. The van der Waals surface area contributed by atoms with Crippen LogP contribution in [0.15, 0.2) is 23.1 Å². The molecule has 0 bridgehead atoms. The molecule has 1 aromatic carbocycles. The summed E-state index contributed by atoms with van der Waals surface area (Å²) in [6.45, 7) is 8.05. The summed E-state index contributed by atoms with van der Waals surface area (Å²) in [6, 6.07) is 6.18. The van der Waals surface area contributed by atoms with Crippen molar-refractivity contribution in [2.75, 3.05) is 7.11 Å². The van der Waals surface area contributed by atoms with E-state index in [0.29, 0.717) is 34.4 Å². The van der Waals surface area contributed by atoms with Crippen LogP contribution in [0.3, 0.4) is 0 Å². The molecule has 6 heteroatoms. The minimum Gasteiger partial charge on any atom is -0.497 e. The molecule has 1 aromatic heterocycles. The van der Waals surface area contributed by atoms with Crippen molar-refractivity contribution >= 4 is 10.0 Å². The lowest BCUT2D eigenvalue weighted by molar-refractivity contribution is 0.413. The maximum absolute atomic E-state index is 12.8. The van der Waals surface area contributed by atoms with Crippen LogP contribution in [-0.4, -0.2) is 20.1 Å². The first kappa shape index (κ1) is 18.0. The second kappa shape index (κ2) is 6.50. The summed E-state index contributed by atoms with van der Waals surface area (Å²) in [7, 11) is -2.00. The molecule has 5 nitrogen and oxygen atoms in total. The summed E-state index contributed by atoms with van der Waals surface area (Å²) in [5.74, 6) is 0.668. The van der Waals surface area contributed by atoms with E-state index in [1.807, 2.05) is 0 Å². The smallest absolute Gasteiger partial charge is 0.241 e. The molecule has 1 fully saturated rings. The SMILES string of the molecule is COc1cc(C)c(S(=O)(=O)NCc2cc(C)n(C3CC3)c2C)c(C)c1. The molecule has 3 rings (SSSR count). The minimum atomic E-state index is -3.58. The Morgan fingerprint density at radius 3 is 2.24 bits per heavy atom. The largest absolute Gasteiger partial charge is 0.497 e. The van der Waals surface area contributed by atoms with Crippen LogP contribution >= 0.6 is 0 Å². The van der Waals surface area contributed by atoms with Gasteiger partial charge in [-0.25, -0.2) is 13.1 Å². The highest BCUT2D eigenvalue weighted by Gasteiger charge is 2.27. The van der Waals surface area contributed by atoms with E-state index in [9.17, 15) is 8.42 Å². The highest BCUT2D eigenvalue weighted by molar-refractivity contribution is 7.89. The van der Waals surface area contributed by atoms with Gasteiger partial charge in [0.1, 0.15) is 5.75 Å². The highest BCUT2D eigenvalue weighted by atomic mass is 32.2. The Morgan fingerprint density at radius 1 is 1.12 bits per heavy atom. The van der Waals surface area contributed by atoms with E-state index in [-0.39, 0.29) is 0 Å². The third-order valence-electron chi connectivity index (χ3n) is 4.89. The Kier molecular flexibility index (Phi) is 4.68. The van der Waals surface area contributed by atoms with Gasteiger partial charge >= 0.3 is 0 Å². The molecule has 1 N–H and O–H groups in total. The first-order chi connectivity index (χ1) is 11.7. The average molecular weight is 362 g/mol. The van der Waals surface area contributed by atoms with Crippen molar-refractivity contribution in [3.8, 4) is 5.75 Å². The standard InChI is InChI=1S/C19H26N2O3S/c1-12-8-18(24-5)9-13(2)19(12)25(22,23)20-11-16-10-14(3)21(15(16)4)17-6-7-17/h8-10,17,20H,6-7,11H2,1-5H3. The van der Waals surface area contributed by atoms with Gasteiger partial charge in [-0.3, -0.25) is 0 Å². The number of ether oxygens (including phenoxy) is 1. The van der Waals surface area contributed by atoms with Gasteiger partial charge < -0.3 is 9.30 Å². The zero-order valence-electron chi connectivity index (χ0n) is 15.5. The second-order valence-corrected chi connectivity index (χ2v) is 8.62. The maximum Gasteiger partial charge on any atom is 0.241 e. The third-order valence-corrected chi connectivity index (χ3v) is 6.60. The topological polar surface area (TPSA) is 60.3 Å². The number of nitrogens with zero attached hydrogens (tertiary/aromatic N) is 1. The molecular weight excluding hydrogens is 336 g/mol. The summed E-state index contributed by atoms with van der Waals surface area (Å²) < 4.78 is 36.0. The quantitative estimate of drug-likeness (QED) is 0.855. The van der Waals surface area contributed by atoms with Gasteiger partial charge in [0, 0.05) is 24.0 Å². The zero-order valence-corrected chi connectivity index (χ0v) is 16.3. The predicted molar refractivity (Wildman–Crippen MR) is 98.7 cm³/mol. The maximum atomic E-state index is 12.8. The van der Waals surface area contributed by atoms with Gasteiger partial charge in [0.2, 0.25) is 10.0 Å². The van der Waals surface area contributed by atoms with Crippen LogP contribution in [0.1, 0.15) is 47.0 Å². The van der Waals surface area contributed by atoms with Gasteiger partial charge in [-0.15, -0.1) is 0 Å². The second-order valence-electron chi connectivity index (χ2n) is 6.91. The van der Waals surface area contributed by atoms with Gasteiger partial charge in [0.25, 0.3) is 0 Å². The molecule has 1 saturated carbocycles. The molecule has 0 aliphatic heterocycles. The van der Waals surface area contributed by atoms with Crippen LogP contribution < -0.4 is 9.46 Å². The van der Waals surface area contributed by atoms with Crippen LogP contribution in [0.5, 0.6) is 5.75 Å². The molecule has 25 heavy (non-hydrogen) atoms. The Bertz CT molecular complexity index is 886. The molecule has 136 valence electrons. The molecule has 1 aliphatic rings. The number of aryl methyl sites for hydroxylation is 3. The van der Waals surface area contributed by atoms with Crippen LogP contribution in [-0.2, 0) is 16.6 Å². The van der Waals surface area contributed by atoms with Crippen LogP contribution in [0.25, 0.3) is 0 Å². The van der Waals surface area contributed by atoms with Crippen molar-refractivity contribution in [3.05, 3.63) is 46.3 Å². The Hall–Kier alpha value is -1.79. The number of sulfonamides is 1. The predicted octanol–water partition coefficient (Wildman–Crippen LogP) is 3.54. The Morgan fingerprint density at radius 2 is 1.72 bits per heavy atom. The first-order valence-electron chi connectivity index (χ1n) is 8.57. The lowest BCUT2D eigenvalue weighted by atomic mass is 10.1. The van der Waals surface area contributed by atoms with E-state index in [2.05, 4.69) is 29.2 Å². The lowest BCUT2D eigenvalue weighted by Gasteiger charge is -2.14. The fourth-order valence-electron chi connectivity index (χ4n) is 3.62. The molecule has 1 heterocycles. The van der Waals surface area contributed by atoms with E-state index < -0.39 is 10.0 Å². The van der Waals surface area contributed by atoms with E-state index in [4.69, 9.17) is 4.74 Å². The molecular formula is C19H26N2O3S. The van der Waals surface area contributed by atoms with E-state index in [0.717, 1.165) is 11.3 Å². The summed E-state index contributed by atoms with van der Waals surface area (Å²) >= 11 is 0. The summed E-state index contributed by atoms with van der Waals surface area (Å²) in [6.07, 6.45) is 2.43. The number of methoxy groups -OCH3 is 1. The molecule has 0 radical (unpaired) electrons. The van der Waals surface area contributed by atoms with Crippen LogP contribution in [0.4, 0.5) is 0 Å². The molecule has 0 spiro atoms. The van der Waals surface area contributed by atoms with Gasteiger partial charge in [0.05, 0.1) is 12.0 Å². The van der Waals surface area contributed by atoms with Crippen molar-refractivity contribution in [2.24, 2.45) is 0 Å². The highest BCUT2D eigenvalue weighted by Crippen LogP contribution is 2.38. The van der Waals surface area contributed by atoms with Crippen LogP contribution in [0, 0.1) is 27.7 Å². The lowest BCUT2D eigenvalue weighted by Crippen LogP contribution is -2.25. The van der Waals surface area contributed by atoms with Crippen molar-refractivity contribution in [2.45, 2.75) is 58.0 Å². The Labute approximate surface area is 150 Å². The van der Waals surface area contributed by atoms with E-state index >= 15 is 0 Å². The minimum absolute atomic E-state index is 0.305. The van der Waals surface area contributed by atoms with Gasteiger partial charge in [-0.05, 0) is 75.4 Å². The van der Waals surface area contributed by atoms with Gasteiger partial charge in [0.15, 0.2) is 0 Å². The molecule has 2 aromatic rings. The Balaban J connectivity index is 1.85. The van der Waals surface area contributed by atoms with Gasteiger partial charge in [-0.2, -0.15) is 0 Å². The number of hydrogen-bond acceptors (Lipinski definition) is 3. The molecule has 0 unspecified atom stereocenters. The monoisotopic (exact) mass is 362 g/mol. The first-order valence-corrected chi connectivity index (χ1v) is 10.0. The molecule has 1 aliphatic carbocycles. The number of hydrogen-bond donors (Lipinski definition) is 1. The van der Waals surface area contributed by atoms with Crippen molar-refractivity contribution < 1.29 is 13.2 Å². The summed E-state index contributed by atoms with van der Waals surface area (Å²) in [4.78, 5) is 0.337. The van der Waals surface area contributed by atoms with Gasteiger partial charge in [-0.1, -0.05) is 0 Å². The van der Waals surface area contributed by atoms with Crippen LogP contribution in [0.2, 0.25) is 0 Å². The molecule has 0 atom stereocenters. The molecule has 0 amide bonds. The molecule has 0 saturated heterocycles. The third kappa shape index (κ3) is 3.46. The van der Waals surface area contributed by atoms with Crippen molar-refractivity contribution in [3.63, 3.8) is 0 Å². The number of benzene rings is 1. The summed E-state index contributed by atoms with van der Waals surface area (Å²) in [5, 5.41) is 0. The fourth-order valence-corrected chi connectivity index (χ4v) is 5.07. The van der Waals surface area contributed by atoms with E-state index in [1.54, 1.807) is 33.1 Å². The fraction of sp³-hybridized carbons (Fsp3) is 0.474. The number of rotatable bonds is 6. The summed E-state index contributed by atoms with van der Waals surface area (Å²) in [5.41, 5.74) is 4.77.